The first-order valence-electron chi connectivity index (χ1n) is 11.5. The maximum atomic E-state index is 13.6. The van der Waals surface area contributed by atoms with Crippen molar-refractivity contribution in [3.8, 4) is 17.4 Å². The minimum atomic E-state index is -3.59. The first-order chi connectivity index (χ1) is 16.9. The molecule has 0 atom stereocenters. The summed E-state index contributed by atoms with van der Waals surface area (Å²) in [6, 6.07) is 11.8. The molecule has 3 aromatic rings. The number of nitrogens with zero attached hydrogens (tertiary/aromatic N) is 3. The molecule has 8 nitrogen and oxygen atoms in total. The fourth-order valence-electron chi connectivity index (χ4n) is 4.38. The van der Waals surface area contributed by atoms with E-state index in [0.717, 1.165) is 23.8 Å². The van der Waals surface area contributed by atoms with E-state index in [1.165, 1.54) is 22.7 Å². The average Bonchev–Trinajstić information content (AvgIpc) is 3.62. The Hall–Kier alpha value is -3.58. The number of sulfonamides is 1. The molecule has 1 saturated carbocycles. The van der Waals surface area contributed by atoms with E-state index in [0.29, 0.717) is 53.6 Å². The lowest BCUT2D eigenvalue weighted by Crippen LogP contribution is -2.32. The van der Waals surface area contributed by atoms with Crippen molar-refractivity contribution in [2.24, 2.45) is 5.16 Å². The first-order valence-corrected chi connectivity index (χ1v) is 13.4. The monoisotopic (exact) mass is 496 g/mol. The summed E-state index contributed by atoms with van der Waals surface area (Å²) in [5.41, 5.74) is 3.33. The van der Waals surface area contributed by atoms with Gasteiger partial charge >= 0.3 is 0 Å². The van der Waals surface area contributed by atoms with Gasteiger partial charge in [0.15, 0.2) is 5.84 Å². The van der Waals surface area contributed by atoms with Crippen LogP contribution in [0.3, 0.4) is 0 Å². The van der Waals surface area contributed by atoms with Crippen molar-refractivity contribution in [3.63, 3.8) is 0 Å². The second kappa shape index (κ2) is 9.23. The fraction of sp³-hybridized carbons (Fsp3) is 0.360. The van der Waals surface area contributed by atoms with Gasteiger partial charge < -0.3 is 14.6 Å². The number of anilines is 1. The zero-order chi connectivity index (χ0) is 24.6. The Kier molecular flexibility index (Phi) is 6.11. The van der Waals surface area contributed by atoms with Crippen LogP contribution in [-0.2, 0) is 14.9 Å². The molecule has 0 bridgehead atoms. The molecule has 2 aromatic carbocycles. The number of rotatable bonds is 8. The number of benzene rings is 2. The maximum absolute atomic E-state index is 13.6. The molecule has 0 radical (unpaired) electrons. The first kappa shape index (κ1) is 23.2. The van der Waals surface area contributed by atoms with Crippen LogP contribution in [0.15, 0.2) is 46.0 Å². The predicted octanol–water partition coefficient (Wildman–Crippen LogP) is 4.47. The molecule has 2 heterocycles. The fourth-order valence-corrected chi connectivity index (χ4v) is 5.36. The molecular weight excluding hydrogens is 471 g/mol. The Morgan fingerprint density at radius 1 is 1.26 bits per heavy atom. The lowest BCUT2D eigenvalue weighted by atomic mass is 10.00. The number of amidine groups is 1. The number of oxime groups is 1. The third kappa shape index (κ3) is 4.68. The third-order valence-electron chi connectivity index (χ3n) is 6.16. The smallest absolute Gasteiger partial charge is 0.232 e. The number of halogens is 1. The summed E-state index contributed by atoms with van der Waals surface area (Å²) < 4.78 is 46.8. The molecule has 2 aliphatic rings. The standard InChI is InChI=1S/C25H25FN4O4S/c1-35(31,32)30(12-3-2-10-27)21-15-22-20(14-19(21)16-4-5-16)23(25-28-11-13-33-29-25)24(34-22)17-6-8-18(26)9-7-17/h6-9,14-16H,2-5,11-13H2,1H3,(H,28,29). The molecule has 35 heavy (non-hydrogen) atoms. The Balaban J connectivity index is 1.73. The van der Waals surface area contributed by atoms with E-state index in [4.69, 9.17) is 14.5 Å². The Morgan fingerprint density at radius 2 is 2.03 bits per heavy atom. The Bertz CT molecular complexity index is 1440. The summed E-state index contributed by atoms with van der Waals surface area (Å²) in [6.07, 6.45) is 3.80. The van der Waals surface area contributed by atoms with Gasteiger partial charge in [0.1, 0.15) is 23.8 Å². The van der Waals surface area contributed by atoms with E-state index in [2.05, 4.69) is 16.5 Å². The van der Waals surface area contributed by atoms with Gasteiger partial charge in [-0.3, -0.25) is 4.31 Å². The minimum absolute atomic E-state index is 0.206. The Labute approximate surface area is 203 Å². The number of hydrogen-bond acceptors (Lipinski definition) is 7. The van der Waals surface area contributed by atoms with E-state index >= 15 is 0 Å². The minimum Gasteiger partial charge on any atom is -0.455 e. The number of furan rings is 1. The van der Waals surface area contributed by atoms with Gasteiger partial charge in [-0.25, -0.2) is 12.8 Å². The third-order valence-corrected chi connectivity index (χ3v) is 7.34. The van der Waals surface area contributed by atoms with Crippen molar-refractivity contribution in [2.75, 3.05) is 30.3 Å². The lowest BCUT2D eigenvalue weighted by molar-refractivity contribution is 0.136. The highest BCUT2D eigenvalue weighted by Gasteiger charge is 2.33. The van der Waals surface area contributed by atoms with Crippen molar-refractivity contribution >= 4 is 32.5 Å². The van der Waals surface area contributed by atoms with Gasteiger partial charge in [-0.15, -0.1) is 0 Å². The van der Waals surface area contributed by atoms with Crippen molar-refractivity contribution < 1.29 is 22.1 Å². The number of nitrogens with one attached hydrogen (secondary N) is 1. The second-order valence-corrected chi connectivity index (χ2v) is 10.7. The summed E-state index contributed by atoms with van der Waals surface area (Å²) >= 11 is 0. The van der Waals surface area contributed by atoms with Crippen LogP contribution >= 0.6 is 0 Å². The molecule has 0 spiro atoms. The molecule has 0 saturated heterocycles. The van der Waals surface area contributed by atoms with Gasteiger partial charge in [0, 0.05) is 30.0 Å². The summed E-state index contributed by atoms with van der Waals surface area (Å²) in [5.74, 6) is 0.885. The number of hydrogen-bond donors (Lipinski definition) is 1. The van der Waals surface area contributed by atoms with E-state index in [-0.39, 0.29) is 24.7 Å². The maximum Gasteiger partial charge on any atom is 0.232 e. The SMILES string of the molecule is CS(=O)(=O)N(CCCC#N)c1cc2oc(-c3ccc(F)cc3)c(C3=NOCCN3)c2cc1C1CC1. The van der Waals surface area contributed by atoms with E-state index in [1.54, 1.807) is 18.2 Å². The zero-order valence-electron chi connectivity index (χ0n) is 19.3. The Morgan fingerprint density at radius 3 is 2.66 bits per heavy atom. The lowest BCUT2D eigenvalue weighted by Gasteiger charge is -2.25. The van der Waals surface area contributed by atoms with Crippen molar-refractivity contribution in [2.45, 2.75) is 31.6 Å². The molecule has 0 unspecified atom stereocenters. The molecule has 1 aromatic heterocycles. The van der Waals surface area contributed by atoms with Crippen LogP contribution < -0.4 is 9.62 Å². The molecule has 182 valence electrons. The summed E-state index contributed by atoms with van der Waals surface area (Å²) in [5, 5.41) is 17.2. The number of unbranched alkanes of at least 4 members (excludes halogenated alkanes) is 1. The molecule has 0 amide bonds. The molecule has 1 N–H and O–H groups in total. The summed E-state index contributed by atoms with van der Waals surface area (Å²) in [7, 11) is -3.59. The molecule has 5 rings (SSSR count). The molecule has 1 aliphatic carbocycles. The molecular formula is C25H25FN4O4S. The van der Waals surface area contributed by atoms with Gasteiger partial charge in [0.25, 0.3) is 0 Å². The van der Waals surface area contributed by atoms with Crippen LogP contribution in [0.5, 0.6) is 0 Å². The summed E-state index contributed by atoms with van der Waals surface area (Å²) in [6.45, 7) is 1.22. The van der Waals surface area contributed by atoms with Crippen LogP contribution in [0.25, 0.3) is 22.3 Å². The predicted molar refractivity (Wildman–Crippen MR) is 131 cm³/mol. The highest BCUT2D eigenvalue weighted by molar-refractivity contribution is 7.92. The zero-order valence-corrected chi connectivity index (χ0v) is 20.1. The number of fused-ring (bicyclic) bond motifs is 1. The van der Waals surface area contributed by atoms with Gasteiger partial charge in [0.2, 0.25) is 10.0 Å². The quantitative estimate of drug-likeness (QED) is 0.461. The van der Waals surface area contributed by atoms with Crippen LogP contribution in [0.1, 0.15) is 42.7 Å². The van der Waals surface area contributed by atoms with Crippen molar-refractivity contribution in [3.05, 3.63) is 53.3 Å². The normalized spacial score (nSPS) is 15.7. The van der Waals surface area contributed by atoms with Gasteiger partial charge in [-0.05, 0) is 61.1 Å². The summed E-state index contributed by atoms with van der Waals surface area (Å²) in [4.78, 5) is 5.33. The second-order valence-electron chi connectivity index (χ2n) is 8.79. The van der Waals surface area contributed by atoms with Gasteiger partial charge in [-0.1, -0.05) is 5.16 Å². The van der Waals surface area contributed by atoms with E-state index < -0.39 is 10.0 Å². The largest absolute Gasteiger partial charge is 0.455 e. The molecule has 1 fully saturated rings. The molecule has 1 aliphatic heterocycles. The molecule has 10 heteroatoms. The van der Waals surface area contributed by atoms with Crippen LogP contribution in [0.2, 0.25) is 0 Å². The van der Waals surface area contributed by atoms with Crippen LogP contribution in [0.4, 0.5) is 10.1 Å². The van der Waals surface area contributed by atoms with E-state index in [1.807, 2.05) is 6.07 Å². The highest BCUT2D eigenvalue weighted by atomic mass is 32.2. The average molecular weight is 497 g/mol. The topological polar surface area (TPSA) is 108 Å². The number of nitriles is 1. The van der Waals surface area contributed by atoms with Gasteiger partial charge in [0.05, 0.1) is 30.1 Å². The van der Waals surface area contributed by atoms with Crippen molar-refractivity contribution in [1.82, 2.24) is 5.32 Å². The van der Waals surface area contributed by atoms with E-state index in [9.17, 15) is 12.8 Å². The van der Waals surface area contributed by atoms with Crippen LogP contribution in [0, 0.1) is 17.1 Å². The van der Waals surface area contributed by atoms with Crippen LogP contribution in [-0.4, -0.2) is 40.2 Å². The van der Waals surface area contributed by atoms with Crippen molar-refractivity contribution in [1.29, 1.82) is 5.26 Å². The highest BCUT2D eigenvalue weighted by Crippen LogP contribution is 2.48. The van der Waals surface area contributed by atoms with Gasteiger partial charge in [-0.2, -0.15) is 5.26 Å².